The van der Waals surface area contributed by atoms with Gasteiger partial charge in [-0.2, -0.15) is 0 Å². The van der Waals surface area contributed by atoms with Crippen molar-refractivity contribution in [1.82, 2.24) is 4.90 Å². The minimum absolute atomic E-state index is 0.0201. The molecule has 0 saturated carbocycles. The van der Waals surface area contributed by atoms with Gasteiger partial charge in [-0.3, -0.25) is 4.79 Å². The Hall–Kier alpha value is -0.870. The second-order valence-corrected chi connectivity index (χ2v) is 5.69. The molecule has 0 radical (unpaired) electrons. The van der Waals surface area contributed by atoms with E-state index >= 15 is 0 Å². The quantitative estimate of drug-likeness (QED) is 0.638. The molecule has 0 saturated heterocycles. The van der Waals surface area contributed by atoms with Crippen molar-refractivity contribution in [1.29, 1.82) is 0 Å². The van der Waals surface area contributed by atoms with Crippen LogP contribution in [0.3, 0.4) is 0 Å². The minimum Gasteiger partial charge on any atom is -0.328 e. The van der Waals surface area contributed by atoms with Crippen LogP contribution in [0.2, 0.25) is 0 Å². The molecule has 0 heterocycles. The van der Waals surface area contributed by atoms with E-state index in [4.69, 9.17) is 11.5 Å². The smallest absolute Gasteiger partial charge is 0.249 e. The summed E-state index contributed by atoms with van der Waals surface area (Å²) in [4.78, 5) is 14.8. The highest BCUT2D eigenvalue weighted by atomic mass is 16.2. The van der Waals surface area contributed by atoms with Crippen molar-refractivity contribution in [2.75, 3.05) is 13.1 Å². The van der Waals surface area contributed by atoms with Gasteiger partial charge in [0, 0.05) is 18.7 Å². The van der Waals surface area contributed by atoms with Gasteiger partial charge in [0.1, 0.15) is 0 Å². The summed E-state index contributed by atoms with van der Waals surface area (Å²) in [6.45, 7) is 14.8. The lowest BCUT2D eigenvalue weighted by atomic mass is 9.80. The SMILES string of the molecule is C=C(C)C(=O)N(C(CC)(CC)CN)C(CC)(CC)CN. The van der Waals surface area contributed by atoms with Gasteiger partial charge in [0.2, 0.25) is 5.91 Å². The summed E-state index contributed by atoms with van der Waals surface area (Å²) in [7, 11) is 0. The summed E-state index contributed by atoms with van der Waals surface area (Å²) in [5.41, 5.74) is 12.0. The van der Waals surface area contributed by atoms with Crippen molar-refractivity contribution in [3.63, 3.8) is 0 Å². The van der Waals surface area contributed by atoms with Gasteiger partial charge in [-0.05, 0) is 32.6 Å². The van der Waals surface area contributed by atoms with Crippen molar-refractivity contribution < 1.29 is 4.79 Å². The van der Waals surface area contributed by atoms with E-state index in [0.29, 0.717) is 18.7 Å². The fourth-order valence-corrected chi connectivity index (χ4v) is 3.02. The zero-order chi connectivity index (χ0) is 16.0. The first kappa shape index (κ1) is 19.1. The van der Waals surface area contributed by atoms with Gasteiger partial charge in [-0.1, -0.05) is 34.3 Å². The molecule has 4 heteroatoms. The van der Waals surface area contributed by atoms with Crippen LogP contribution in [-0.2, 0) is 4.79 Å². The zero-order valence-corrected chi connectivity index (χ0v) is 14.0. The molecule has 0 unspecified atom stereocenters. The van der Waals surface area contributed by atoms with E-state index in [1.165, 1.54) is 0 Å². The number of rotatable bonds is 9. The van der Waals surface area contributed by atoms with E-state index < -0.39 is 0 Å². The number of carbonyl (C=O) groups excluding carboxylic acids is 1. The van der Waals surface area contributed by atoms with Gasteiger partial charge in [0.15, 0.2) is 0 Å². The highest BCUT2D eigenvalue weighted by Gasteiger charge is 2.46. The van der Waals surface area contributed by atoms with E-state index in [1.807, 2.05) is 4.90 Å². The van der Waals surface area contributed by atoms with Gasteiger partial charge >= 0.3 is 0 Å². The first-order chi connectivity index (χ1) is 9.34. The third-order valence-electron chi connectivity index (χ3n) is 4.91. The molecule has 20 heavy (non-hydrogen) atoms. The molecule has 118 valence electrons. The Labute approximate surface area is 124 Å². The second kappa shape index (κ2) is 7.79. The molecule has 0 aliphatic rings. The Bertz CT molecular complexity index is 294. The highest BCUT2D eigenvalue weighted by molar-refractivity contribution is 5.93. The van der Waals surface area contributed by atoms with Gasteiger partial charge < -0.3 is 16.4 Å². The third-order valence-corrected chi connectivity index (χ3v) is 4.91. The van der Waals surface area contributed by atoms with Gasteiger partial charge in [-0.25, -0.2) is 0 Å². The Kier molecular flexibility index (Phi) is 7.45. The van der Waals surface area contributed by atoms with Crippen LogP contribution in [0.1, 0.15) is 60.3 Å². The van der Waals surface area contributed by atoms with Gasteiger partial charge in [0.25, 0.3) is 0 Å². The Morgan fingerprint density at radius 1 is 0.950 bits per heavy atom. The van der Waals surface area contributed by atoms with E-state index in [1.54, 1.807) is 6.92 Å². The van der Waals surface area contributed by atoms with Crippen molar-refractivity contribution in [2.45, 2.75) is 71.4 Å². The van der Waals surface area contributed by atoms with Crippen molar-refractivity contribution in [3.8, 4) is 0 Å². The van der Waals surface area contributed by atoms with Crippen LogP contribution < -0.4 is 11.5 Å². The van der Waals surface area contributed by atoms with Crippen LogP contribution in [0, 0.1) is 0 Å². The van der Waals surface area contributed by atoms with Crippen molar-refractivity contribution >= 4 is 5.91 Å². The molecular formula is C16H33N3O. The summed E-state index contributed by atoms with van der Waals surface area (Å²) in [6, 6.07) is 0. The molecule has 0 spiro atoms. The zero-order valence-electron chi connectivity index (χ0n) is 14.0. The summed E-state index contributed by atoms with van der Waals surface area (Å²) in [6.07, 6.45) is 3.28. The third kappa shape index (κ3) is 3.23. The standard InChI is InChI=1S/C16H33N3O/c1-7-15(8-2,11-17)19(14(20)13(5)6)16(9-3,10-4)12-18/h5,7-12,17-18H2,1-4,6H3. The molecule has 0 rings (SSSR count). The predicted molar refractivity (Wildman–Crippen MR) is 86.4 cm³/mol. The van der Waals surface area contributed by atoms with Crippen LogP contribution in [0.5, 0.6) is 0 Å². The first-order valence-corrected chi connectivity index (χ1v) is 7.74. The minimum atomic E-state index is -0.346. The average Bonchev–Trinajstić information content (AvgIpc) is 2.48. The van der Waals surface area contributed by atoms with Crippen LogP contribution in [0.15, 0.2) is 12.2 Å². The number of nitrogens with zero attached hydrogens (tertiary/aromatic N) is 1. The normalized spacial score (nSPS) is 12.3. The first-order valence-electron chi connectivity index (χ1n) is 7.74. The number of hydrogen-bond acceptors (Lipinski definition) is 3. The maximum Gasteiger partial charge on any atom is 0.249 e. The molecule has 0 aromatic carbocycles. The summed E-state index contributed by atoms with van der Waals surface area (Å²) in [5, 5.41) is 0. The fraction of sp³-hybridized carbons (Fsp3) is 0.812. The van der Waals surface area contributed by atoms with E-state index in [9.17, 15) is 4.79 Å². The molecule has 0 aromatic heterocycles. The second-order valence-electron chi connectivity index (χ2n) is 5.69. The maximum absolute atomic E-state index is 12.8. The highest BCUT2D eigenvalue weighted by Crippen LogP contribution is 2.35. The number of amides is 1. The predicted octanol–water partition coefficient (Wildman–Crippen LogP) is 2.43. The molecule has 0 fully saturated rings. The molecular weight excluding hydrogens is 250 g/mol. The molecule has 4 N–H and O–H groups in total. The van der Waals surface area contributed by atoms with E-state index in [0.717, 1.165) is 25.7 Å². The fourth-order valence-electron chi connectivity index (χ4n) is 3.02. The topological polar surface area (TPSA) is 72.3 Å². The van der Waals surface area contributed by atoms with Gasteiger partial charge in [0.05, 0.1) is 11.1 Å². The van der Waals surface area contributed by atoms with Crippen LogP contribution in [-0.4, -0.2) is 35.0 Å². The lowest BCUT2D eigenvalue weighted by Gasteiger charge is -2.53. The molecule has 0 aliphatic carbocycles. The molecule has 0 aromatic rings. The number of hydrogen-bond donors (Lipinski definition) is 2. The summed E-state index contributed by atoms with van der Waals surface area (Å²) >= 11 is 0. The Balaban J connectivity index is 6.07. The van der Waals surface area contributed by atoms with Crippen LogP contribution in [0.4, 0.5) is 0 Å². The summed E-state index contributed by atoms with van der Waals surface area (Å²) < 4.78 is 0. The molecule has 4 nitrogen and oxygen atoms in total. The monoisotopic (exact) mass is 283 g/mol. The molecule has 0 atom stereocenters. The van der Waals surface area contributed by atoms with Crippen LogP contribution in [0.25, 0.3) is 0 Å². The van der Waals surface area contributed by atoms with E-state index in [-0.39, 0.29) is 17.0 Å². The summed E-state index contributed by atoms with van der Waals surface area (Å²) in [5.74, 6) is -0.0201. The maximum atomic E-state index is 12.8. The molecule has 0 aliphatic heterocycles. The average molecular weight is 283 g/mol. The van der Waals surface area contributed by atoms with Crippen LogP contribution >= 0.6 is 0 Å². The Morgan fingerprint density at radius 2 is 1.25 bits per heavy atom. The lowest BCUT2D eigenvalue weighted by molar-refractivity contribution is -0.144. The van der Waals surface area contributed by atoms with Gasteiger partial charge in [-0.15, -0.1) is 0 Å². The van der Waals surface area contributed by atoms with Crippen molar-refractivity contribution in [3.05, 3.63) is 12.2 Å². The largest absolute Gasteiger partial charge is 0.328 e. The van der Waals surface area contributed by atoms with Crippen molar-refractivity contribution in [2.24, 2.45) is 11.5 Å². The molecule has 1 amide bonds. The van der Waals surface area contributed by atoms with E-state index in [2.05, 4.69) is 34.3 Å². The molecule has 0 bridgehead atoms. The lowest BCUT2D eigenvalue weighted by Crippen LogP contribution is -2.67. The number of nitrogens with two attached hydrogens (primary N) is 2. The number of carbonyl (C=O) groups is 1. The Morgan fingerprint density at radius 3 is 1.40 bits per heavy atom.